The van der Waals surface area contributed by atoms with Crippen molar-refractivity contribution in [2.24, 2.45) is 0 Å². The van der Waals surface area contributed by atoms with Gasteiger partial charge in [-0.3, -0.25) is 9.48 Å². The molecular formula is C16H19F3N4O4S. The minimum atomic E-state index is -5.08. The van der Waals surface area contributed by atoms with Gasteiger partial charge in [-0.15, -0.1) is 11.3 Å². The average Bonchev–Trinajstić information content (AvgIpc) is 3.30. The molecule has 12 heteroatoms. The van der Waals surface area contributed by atoms with E-state index in [0.29, 0.717) is 25.4 Å². The number of fused-ring (bicyclic) bond motifs is 1. The number of carboxylic acid groups (broad SMARTS) is 1. The summed E-state index contributed by atoms with van der Waals surface area (Å²) >= 11 is 1.44. The number of nitrogens with zero attached hydrogens (tertiary/aromatic N) is 4. The van der Waals surface area contributed by atoms with E-state index in [1.807, 2.05) is 15.8 Å². The fourth-order valence-corrected chi connectivity index (χ4v) is 3.33. The largest absolute Gasteiger partial charge is 0.490 e. The maximum atomic E-state index is 12.5. The molecule has 0 aromatic carbocycles. The van der Waals surface area contributed by atoms with Crippen LogP contribution in [0.5, 0.6) is 0 Å². The summed E-state index contributed by atoms with van der Waals surface area (Å²) in [7, 11) is 1.69. The summed E-state index contributed by atoms with van der Waals surface area (Å²) in [4.78, 5) is 27.4. The van der Waals surface area contributed by atoms with Crippen LogP contribution in [0, 0.1) is 0 Å². The predicted molar refractivity (Wildman–Crippen MR) is 93.1 cm³/mol. The van der Waals surface area contributed by atoms with Crippen LogP contribution in [0.2, 0.25) is 0 Å². The lowest BCUT2D eigenvalue weighted by Gasteiger charge is -2.32. The molecule has 3 heterocycles. The highest BCUT2D eigenvalue weighted by Gasteiger charge is 2.38. The molecule has 2 aromatic rings. The fourth-order valence-electron chi connectivity index (χ4n) is 2.80. The Morgan fingerprint density at radius 3 is 2.61 bits per heavy atom. The third-order valence-electron chi connectivity index (χ3n) is 4.05. The normalized spacial score (nSPS) is 16.2. The highest BCUT2D eigenvalue weighted by molar-refractivity contribution is 7.07. The minimum absolute atomic E-state index is 0.0214. The average molecular weight is 420 g/mol. The lowest BCUT2D eigenvalue weighted by molar-refractivity contribution is -0.192. The van der Waals surface area contributed by atoms with Gasteiger partial charge in [-0.25, -0.2) is 9.78 Å². The molecule has 154 valence electrons. The van der Waals surface area contributed by atoms with Gasteiger partial charge in [0.2, 0.25) is 0 Å². The van der Waals surface area contributed by atoms with E-state index >= 15 is 0 Å². The number of halogens is 3. The van der Waals surface area contributed by atoms with Crippen molar-refractivity contribution in [2.75, 3.05) is 20.3 Å². The molecule has 1 unspecified atom stereocenters. The van der Waals surface area contributed by atoms with Crippen molar-refractivity contribution in [3.63, 3.8) is 0 Å². The lowest BCUT2D eigenvalue weighted by Crippen LogP contribution is -2.40. The molecular weight excluding hydrogens is 401 g/mol. The second-order valence-electron chi connectivity index (χ2n) is 5.88. The highest BCUT2D eigenvalue weighted by atomic mass is 32.1. The molecule has 0 spiro atoms. The number of rotatable bonds is 4. The molecule has 1 aliphatic heterocycles. The molecule has 0 bridgehead atoms. The molecule has 0 radical (unpaired) electrons. The van der Waals surface area contributed by atoms with E-state index in [-0.39, 0.29) is 11.8 Å². The summed E-state index contributed by atoms with van der Waals surface area (Å²) in [5, 5.41) is 13.3. The molecule has 0 saturated heterocycles. The van der Waals surface area contributed by atoms with Gasteiger partial charge in [-0.2, -0.15) is 18.3 Å². The predicted octanol–water partition coefficient (Wildman–Crippen LogP) is 2.38. The number of carbonyl (C=O) groups is 2. The maximum absolute atomic E-state index is 12.5. The second-order valence-corrected chi connectivity index (χ2v) is 6.60. The third-order valence-corrected chi connectivity index (χ3v) is 4.64. The number of aromatic nitrogens is 3. The second kappa shape index (κ2) is 9.15. The summed E-state index contributed by atoms with van der Waals surface area (Å²) in [6.07, 6.45) is -3.17. The summed E-state index contributed by atoms with van der Waals surface area (Å²) < 4.78 is 39.0. The number of alkyl halides is 3. The smallest absolute Gasteiger partial charge is 0.475 e. The van der Waals surface area contributed by atoms with Crippen molar-refractivity contribution in [1.82, 2.24) is 19.7 Å². The zero-order valence-electron chi connectivity index (χ0n) is 15.1. The topological polar surface area (TPSA) is 97.5 Å². The van der Waals surface area contributed by atoms with E-state index in [1.54, 1.807) is 18.0 Å². The molecule has 2 aromatic heterocycles. The van der Waals surface area contributed by atoms with Crippen molar-refractivity contribution in [3.05, 3.63) is 34.0 Å². The van der Waals surface area contributed by atoms with Crippen molar-refractivity contribution >= 4 is 23.2 Å². The van der Waals surface area contributed by atoms with Crippen LogP contribution in [-0.2, 0) is 22.6 Å². The molecule has 1 atom stereocenters. The number of carboxylic acids is 1. The molecule has 0 saturated carbocycles. The number of methoxy groups -OCH3 is 1. The first-order valence-corrected chi connectivity index (χ1v) is 9.14. The maximum Gasteiger partial charge on any atom is 0.490 e. The summed E-state index contributed by atoms with van der Waals surface area (Å²) in [5.41, 5.74) is 4.50. The number of aryl methyl sites for hydroxylation is 1. The zero-order valence-corrected chi connectivity index (χ0v) is 16.0. The van der Waals surface area contributed by atoms with Gasteiger partial charge in [0, 0.05) is 37.1 Å². The van der Waals surface area contributed by atoms with Gasteiger partial charge in [-0.1, -0.05) is 0 Å². The highest BCUT2D eigenvalue weighted by Crippen LogP contribution is 2.29. The Labute approximate surface area is 162 Å². The Morgan fingerprint density at radius 2 is 2.11 bits per heavy atom. The number of carbonyl (C=O) groups excluding carboxylic acids is 1. The fraction of sp³-hybridized carbons (Fsp3) is 0.500. The Morgan fingerprint density at radius 1 is 1.43 bits per heavy atom. The number of amides is 1. The lowest BCUT2D eigenvalue weighted by atomic mass is 9.95. The van der Waals surface area contributed by atoms with Crippen molar-refractivity contribution < 1.29 is 32.6 Å². The Bertz CT molecular complexity index is 807. The molecule has 3 rings (SSSR count). The number of ether oxygens (including phenoxy) is 1. The van der Waals surface area contributed by atoms with Gasteiger partial charge in [0.15, 0.2) is 0 Å². The summed E-state index contributed by atoms with van der Waals surface area (Å²) in [6.45, 7) is 4.67. The molecule has 0 aliphatic carbocycles. The first-order chi connectivity index (χ1) is 13.2. The monoisotopic (exact) mass is 420 g/mol. The minimum Gasteiger partial charge on any atom is -0.475 e. The SMILES string of the molecule is CCn1ncc2c1CN(C(=O)c1cscn1)CC2COC.O=C(O)C(F)(F)F. The number of hydrogen-bond acceptors (Lipinski definition) is 6. The standard InChI is InChI=1S/C14H18N4O2S.C2HF3O2/c1-3-18-13-6-17(14(19)12-8-21-9-15-12)5-10(7-20-2)11(13)4-16-18;3-2(4,5)1(6)7/h4,8-10H,3,5-7H2,1-2H3;(H,6,7). The van der Waals surface area contributed by atoms with Gasteiger partial charge in [0.05, 0.1) is 30.6 Å². The first-order valence-electron chi connectivity index (χ1n) is 8.20. The van der Waals surface area contributed by atoms with E-state index < -0.39 is 12.1 Å². The van der Waals surface area contributed by atoms with E-state index in [9.17, 15) is 18.0 Å². The molecule has 8 nitrogen and oxygen atoms in total. The third kappa shape index (κ3) is 5.07. The molecule has 1 N–H and O–H groups in total. The molecule has 1 amide bonds. The van der Waals surface area contributed by atoms with E-state index in [0.717, 1.165) is 12.2 Å². The first kappa shape index (κ1) is 21.8. The Kier molecular flexibility index (Phi) is 7.13. The van der Waals surface area contributed by atoms with E-state index in [4.69, 9.17) is 14.6 Å². The van der Waals surface area contributed by atoms with Gasteiger partial charge >= 0.3 is 12.1 Å². The molecule has 0 fully saturated rings. The van der Waals surface area contributed by atoms with Crippen molar-refractivity contribution in [1.29, 1.82) is 0 Å². The zero-order chi connectivity index (χ0) is 20.9. The van der Waals surface area contributed by atoms with Crippen LogP contribution in [0.25, 0.3) is 0 Å². The van der Waals surface area contributed by atoms with Crippen LogP contribution < -0.4 is 0 Å². The van der Waals surface area contributed by atoms with Crippen LogP contribution in [0.3, 0.4) is 0 Å². The Balaban J connectivity index is 0.000000345. The summed E-state index contributed by atoms with van der Waals surface area (Å²) in [6, 6.07) is 0. The van der Waals surface area contributed by atoms with Crippen LogP contribution >= 0.6 is 11.3 Å². The van der Waals surface area contributed by atoms with Crippen LogP contribution in [0.1, 0.15) is 34.6 Å². The quantitative estimate of drug-likeness (QED) is 0.816. The molecule has 1 aliphatic rings. The number of aliphatic carboxylic acids is 1. The van der Waals surface area contributed by atoms with Gasteiger partial charge < -0.3 is 14.7 Å². The van der Waals surface area contributed by atoms with Gasteiger partial charge in [-0.05, 0) is 6.92 Å². The van der Waals surface area contributed by atoms with Gasteiger partial charge in [0.25, 0.3) is 5.91 Å². The van der Waals surface area contributed by atoms with Crippen LogP contribution in [0.4, 0.5) is 13.2 Å². The van der Waals surface area contributed by atoms with E-state index in [2.05, 4.69) is 17.0 Å². The number of thiazole rings is 1. The van der Waals surface area contributed by atoms with Crippen LogP contribution in [-0.4, -0.2) is 63.1 Å². The van der Waals surface area contributed by atoms with Crippen LogP contribution in [0.15, 0.2) is 17.1 Å². The van der Waals surface area contributed by atoms with Crippen molar-refractivity contribution in [2.45, 2.75) is 32.1 Å². The summed E-state index contributed by atoms with van der Waals surface area (Å²) in [5.74, 6) is -2.61. The van der Waals surface area contributed by atoms with E-state index in [1.165, 1.54) is 16.9 Å². The molecule has 28 heavy (non-hydrogen) atoms. The number of hydrogen-bond donors (Lipinski definition) is 1. The van der Waals surface area contributed by atoms with Gasteiger partial charge in [0.1, 0.15) is 5.69 Å². The van der Waals surface area contributed by atoms with Crippen molar-refractivity contribution in [3.8, 4) is 0 Å². The Hall–Kier alpha value is -2.47.